The van der Waals surface area contributed by atoms with E-state index in [1.54, 1.807) is 0 Å². The Kier molecular flexibility index (Phi) is 5.30. The number of sulfonamides is 1. The van der Waals surface area contributed by atoms with Gasteiger partial charge in [-0.2, -0.15) is 0 Å². The Balaban J connectivity index is 1.97. The number of amides is 1. The first kappa shape index (κ1) is 19.2. The summed E-state index contributed by atoms with van der Waals surface area (Å²) in [6.07, 6.45) is 1.59. The van der Waals surface area contributed by atoms with Gasteiger partial charge in [-0.05, 0) is 49.9 Å². The van der Waals surface area contributed by atoms with E-state index in [1.807, 2.05) is 32.0 Å². The summed E-state index contributed by atoms with van der Waals surface area (Å²) in [5, 5.41) is 2.87. The van der Waals surface area contributed by atoms with Gasteiger partial charge in [0.05, 0.1) is 15.6 Å². The van der Waals surface area contributed by atoms with Crippen molar-refractivity contribution in [2.45, 2.75) is 37.6 Å². The summed E-state index contributed by atoms with van der Waals surface area (Å²) in [7, 11) is -3.81. The summed E-state index contributed by atoms with van der Waals surface area (Å²) in [6, 6.07) is 8.08. The molecular formula is C18H18Cl2N2O3S. The summed E-state index contributed by atoms with van der Waals surface area (Å²) in [6.45, 7) is 3.75. The molecule has 0 bridgehead atoms. The van der Waals surface area contributed by atoms with Gasteiger partial charge in [0.2, 0.25) is 10.0 Å². The average Bonchev–Trinajstić information content (AvgIpc) is 3.34. The number of carbonyl (C=O) groups excluding carboxylic acids is 1. The minimum atomic E-state index is -3.81. The molecule has 2 aromatic carbocycles. The highest BCUT2D eigenvalue weighted by atomic mass is 35.5. The Morgan fingerprint density at radius 1 is 1.08 bits per heavy atom. The van der Waals surface area contributed by atoms with Gasteiger partial charge in [-0.3, -0.25) is 4.79 Å². The molecule has 3 rings (SSSR count). The normalized spacial score (nSPS) is 14.3. The zero-order valence-corrected chi connectivity index (χ0v) is 16.6. The van der Waals surface area contributed by atoms with Crippen molar-refractivity contribution in [1.82, 2.24) is 4.72 Å². The Labute approximate surface area is 162 Å². The lowest BCUT2D eigenvalue weighted by Gasteiger charge is -2.14. The molecule has 1 aliphatic rings. The Hall–Kier alpha value is -1.60. The second kappa shape index (κ2) is 7.19. The Bertz CT molecular complexity index is 966. The summed E-state index contributed by atoms with van der Waals surface area (Å²) in [4.78, 5) is 12.6. The smallest absolute Gasteiger partial charge is 0.257 e. The fourth-order valence-electron chi connectivity index (χ4n) is 2.59. The predicted octanol–water partition coefficient (Wildman–Crippen LogP) is 4.30. The summed E-state index contributed by atoms with van der Waals surface area (Å²) in [5.74, 6) is -0.494. The molecule has 0 unspecified atom stereocenters. The quantitative estimate of drug-likeness (QED) is 0.768. The molecule has 8 heteroatoms. The highest BCUT2D eigenvalue weighted by molar-refractivity contribution is 7.89. The number of aryl methyl sites for hydroxylation is 2. The molecule has 0 radical (unpaired) electrons. The van der Waals surface area contributed by atoms with Crippen molar-refractivity contribution >= 4 is 44.8 Å². The van der Waals surface area contributed by atoms with Crippen LogP contribution in [0.3, 0.4) is 0 Å². The van der Waals surface area contributed by atoms with Crippen LogP contribution in [0.15, 0.2) is 35.2 Å². The lowest BCUT2D eigenvalue weighted by atomic mass is 10.1. The van der Waals surface area contributed by atoms with E-state index in [0.717, 1.165) is 24.0 Å². The van der Waals surface area contributed by atoms with E-state index in [2.05, 4.69) is 10.0 Å². The Morgan fingerprint density at radius 2 is 1.69 bits per heavy atom. The number of nitrogens with one attached hydrogen (secondary N) is 2. The number of carbonyl (C=O) groups is 1. The summed E-state index contributed by atoms with van der Waals surface area (Å²) in [5.41, 5.74) is 2.51. The third-order valence-electron chi connectivity index (χ3n) is 4.17. The third kappa shape index (κ3) is 4.04. The number of rotatable bonds is 5. The maximum atomic E-state index is 12.7. The van der Waals surface area contributed by atoms with Crippen LogP contribution >= 0.6 is 23.2 Å². The molecular weight excluding hydrogens is 395 g/mol. The fourth-order valence-corrected chi connectivity index (χ4v) is 4.75. The minimum absolute atomic E-state index is 0.0215. The third-order valence-corrected chi connectivity index (χ3v) is 6.47. The van der Waals surface area contributed by atoms with Crippen molar-refractivity contribution in [2.75, 3.05) is 5.32 Å². The molecule has 0 spiro atoms. The van der Waals surface area contributed by atoms with E-state index in [4.69, 9.17) is 23.2 Å². The van der Waals surface area contributed by atoms with Crippen LogP contribution in [-0.4, -0.2) is 20.4 Å². The van der Waals surface area contributed by atoms with Crippen molar-refractivity contribution in [1.29, 1.82) is 0 Å². The minimum Gasteiger partial charge on any atom is -0.321 e. The van der Waals surface area contributed by atoms with Crippen LogP contribution in [-0.2, 0) is 10.0 Å². The molecule has 26 heavy (non-hydrogen) atoms. The molecule has 1 amide bonds. The topological polar surface area (TPSA) is 75.3 Å². The van der Waals surface area contributed by atoms with Gasteiger partial charge in [-0.15, -0.1) is 0 Å². The van der Waals surface area contributed by atoms with Gasteiger partial charge < -0.3 is 5.32 Å². The van der Waals surface area contributed by atoms with Gasteiger partial charge in [0.1, 0.15) is 4.90 Å². The first-order valence-electron chi connectivity index (χ1n) is 8.08. The maximum absolute atomic E-state index is 12.7. The highest BCUT2D eigenvalue weighted by Crippen LogP contribution is 2.31. The van der Waals surface area contributed by atoms with Crippen molar-refractivity contribution in [3.05, 3.63) is 57.1 Å². The molecule has 0 heterocycles. The first-order chi connectivity index (χ1) is 12.2. The molecule has 0 aromatic heterocycles. The van der Waals surface area contributed by atoms with Crippen molar-refractivity contribution in [3.8, 4) is 0 Å². The molecule has 0 aliphatic heterocycles. The van der Waals surface area contributed by atoms with Gasteiger partial charge in [0.25, 0.3) is 5.91 Å². The van der Waals surface area contributed by atoms with Gasteiger partial charge in [0, 0.05) is 11.7 Å². The second-order valence-corrected chi connectivity index (χ2v) is 8.88. The number of halogens is 2. The zero-order chi connectivity index (χ0) is 19.1. The number of para-hydroxylation sites is 1. The van der Waals surface area contributed by atoms with E-state index >= 15 is 0 Å². The number of anilines is 1. The lowest BCUT2D eigenvalue weighted by Crippen LogP contribution is -2.26. The van der Waals surface area contributed by atoms with Gasteiger partial charge in [-0.1, -0.05) is 41.4 Å². The number of benzene rings is 2. The van der Waals surface area contributed by atoms with Gasteiger partial charge >= 0.3 is 0 Å². The standard InChI is InChI=1S/C18H18Cl2N2O3S/c1-10-4-3-5-11(2)17(10)21-18(23)13-8-16(15(20)9-14(13)19)26(24,25)22-12-6-7-12/h3-5,8-9,12,22H,6-7H2,1-2H3,(H,21,23). The first-order valence-corrected chi connectivity index (χ1v) is 10.3. The predicted molar refractivity (Wildman–Crippen MR) is 104 cm³/mol. The van der Waals surface area contributed by atoms with Crippen LogP contribution in [0, 0.1) is 13.8 Å². The molecule has 0 atom stereocenters. The van der Waals surface area contributed by atoms with E-state index in [-0.39, 0.29) is 26.5 Å². The molecule has 1 saturated carbocycles. The SMILES string of the molecule is Cc1cccc(C)c1NC(=O)c1cc(S(=O)(=O)NC2CC2)c(Cl)cc1Cl. The van der Waals surface area contributed by atoms with Gasteiger partial charge in [-0.25, -0.2) is 13.1 Å². The van der Waals surface area contributed by atoms with Crippen LogP contribution in [0.5, 0.6) is 0 Å². The van der Waals surface area contributed by atoms with Gasteiger partial charge in [0.15, 0.2) is 0 Å². The highest BCUT2D eigenvalue weighted by Gasteiger charge is 2.30. The van der Waals surface area contributed by atoms with Crippen LogP contribution in [0.4, 0.5) is 5.69 Å². The zero-order valence-electron chi connectivity index (χ0n) is 14.3. The van der Waals surface area contributed by atoms with E-state index < -0.39 is 15.9 Å². The van der Waals surface area contributed by atoms with Crippen molar-refractivity contribution in [3.63, 3.8) is 0 Å². The maximum Gasteiger partial charge on any atom is 0.257 e. The molecule has 5 nitrogen and oxygen atoms in total. The monoisotopic (exact) mass is 412 g/mol. The van der Waals surface area contributed by atoms with E-state index in [1.165, 1.54) is 12.1 Å². The van der Waals surface area contributed by atoms with Crippen molar-refractivity contribution < 1.29 is 13.2 Å². The second-order valence-electron chi connectivity index (χ2n) is 6.38. The Morgan fingerprint density at radius 3 is 2.27 bits per heavy atom. The molecule has 1 fully saturated rings. The molecule has 1 aliphatic carbocycles. The van der Waals surface area contributed by atoms with Crippen molar-refractivity contribution in [2.24, 2.45) is 0 Å². The molecule has 0 saturated heterocycles. The molecule has 138 valence electrons. The molecule has 2 aromatic rings. The fraction of sp³-hybridized carbons (Fsp3) is 0.278. The number of hydrogen-bond donors (Lipinski definition) is 2. The average molecular weight is 413 g/mol. The van der Waals surface area contributed by atoms with Crippen LogP contribution in [0.2, 0.25) is 10.0 Å². The summed E-state index contributed by atoms with van der Waals surface area (Å²) >= 11 is 12.2. The van der Waals surface area contributed by atoms with Crippen LogP contribution in [0.25, 0.3) is 0 Å². The van der Waals surface area contributed by atoms with E-state index in [9.17, 15) is 13.2 Å². The van der Waals surface area contributed by atoms with Crippen LogP contribution in [0.1, 0.15) is 34.3 Å². The number of hydrogen-bond acceptors (Lipinski definition) is 3. The van der Waals surface area contributed by atoms with E-state index in [0.29, 0.717) is 5.69 Å². The summed E-state index contributed by atoms with van der Waals surface area (Å²) < 4.78 is 27.5. The largest absolute Gasteiger partial charge is 0.321 e. The molecule has 2 N–H and O–H groups in total. The lowest BCUT2D eigenvalue weighted by molar-refractivity contribution is 0.102. The van der Waals surface area contributed by atoms with Crippen LogP contribution < -0.4 is 10.0 Å².